The van der Waals surface area contributed by atoms with Crippen LogP contribution in [0.15, 0.2) is 24.3 Å². The van der Waals surface area contributed by atoms with Gasteiger partial charge < -0.3 is 21.5 Å². The van der Waals surface area contributed by atoms with Gasteiger partial charge in [-0.15, -0.1) is 12.4 Å². The summed E-state index contributed by atoms with van der Waals surface area (Å²) in [5.41, 5.74) is 6.37. The van der Waals surface area contributed by atoms with Gasteiger partial charge in [0.25, 0.3) is 0 Å². The van der Waals surface area contributed by atoms with Gasteiger partial charge in [0.05, 0.1) is 6.04 Å². The van der Waals surface area contributed by atoms with Crippen molar-refractivity contribution in [2.24, 2.45) is 11.7 Å². The minimum atomic E-state index is -1.06. The van der Waals surface area contributed by atoms with E-state index < -0.39 is 24.0 Å². The number of carbonyl (C=O) groups excluding carboxylic acids is 2. The number of aliphatic carboxylic acids is 1. The molecule has 2 amide bonds. The zero-order chi connectivity index (χ0) is 20.6. The first-order chi connectivity index (χ1) is 12.6. The Bertz CT molecular complexity index is 651. The van der Waals surface area contributed by atoms with E-state index in [1.807, 2.05) is 13.8 Å². The molecular weight excluding hydrogens is 405 g/mol. The minimum Gasteiger partial charge on any atom is -0.480 e. The molecule has 1 aromatic carbocycles. The zero-order valence-corrected chi connectivity index (χ0v) is 17.8. The Balaban J connectivity index is 0.00000729. The van der Waals surface area contributed by atoms with Crippen molar-refractivity contribution in [2.75, 3.05) is 6.54 Å². The van der Waals surface area contributed by atoms with E-state index in [1.165, 1.54) is 0 Å². The Kier molecular flexibility index (Phi) is 11.8. The van der Waals surface area contributed by atoms with Crippen LogP contribution in [-0.4, -0.2) is 41.5 Å². The van der Waals surface area contributed by atoms with Crippen molar-refractivity contribution in [1.29, 1.82) is 0 Å². The highest BCUT2D eigenvalue weighted by molar-refractivity contribution is 6.30. The molecule has 0 aromatic heterocycles. The smallest absolute Gasteiger partial charge is 0.326 e. The molecule has 0 aliphatic heterocycles. The zero-order valence-electron chi connectivity index (χ0n) is 16.3. The van der Waals surface area contributed by atoms with E-state index in [9.17, 15) is 19.5 Å². The molecule has 0 aliphatic rings. The average Bonchev–Trinajstić information content (AvgIpc) is 2.57. The lowest BCUT2D eigenvalue weighted by atomic mass is 9.94. The fraction of sp³-hybridized carbons (Fsp3) is 0.526. The van der Waals surface area contributed by atoms with Crippen LogP contribution in [-0.2, 0) is 14.4 Å². The maximum absolute atomic E-state index is 12.4. The minimum absolute atomic E-state index is 0. The van der Waals surface area contributed by atoms with E-state index in [4.69, 9.17) is 17.3 Å². The molecule has 0 aliphatic carbocycles. The molecule has 0 saturated carbocycles. The summed E-state index contributed by atoms with van der Waals surface area (Å²) in [7, 11) is 0. The second-order valence-corrected chi connectivity index (χ2v) is 7.51. The molecule has 158 valence electrons. The van der Waals surface area contributed by atoms with Crippen LogP contribution in [0.2, 0.25) is 5.02 Å². The van der Waals surface area contributed by atoms with E-state index >= 15 is 0 Å². The van der Waals surface area contributed by atoms with Crippen molar-refractivity contribution in [3.63, 3.8) is 0 Å². The number of nitrogens with two attached hydrogens (primary N) is 1. The second kappa shape index (κ2) is 12.6. The highest BCUT2D eigenvalue weighted by Gasteiger charge is 2.24. The Hall–Kier alpha value is -1.83. The van der Waals surface area contributed by atoms with Gasteiger partial charge in [0.2, 0.25) is 11.8 Å². The molecular formula is C19H29Cl2N3O4. The van der Waals surface area contributed by atoms with Crippen molar-refractivity contribution in [2.45, 2.75) is 51.6 Å². The number of amides is 2. The molecule has 1 aromatic rings. The normalized spacial score (nSPS) is 13.8. The third kappa shape index (κ3) is 9.39. The molecule has 0 bridgehead atoms. The van der Waals surface area contributed by atoms with Crippen molar-refractivity contribution in [3.8, 4) is 0 Å². The van der Waals surface area contributed by atoms with E-state index in [1.54, 1.807) is 31.2 Å². The Morgan fingerprint density at radius 3 is 2.18 bits per heavy atom. The van der Waals surface area contributed by atoms with Gasteiger partial charge in [-0.2, -0.15) is 0 Å². The number of carboxylic acid groups (broad SMARTS) is 1. The summed E-state index contributed by atoms with van der Waals surface area (Å²) >= 11 is 5.91. The lowest BCUT2D eigenvalue weighted by Crippen LogP contribution is -2.43. The fourth-order valence-corrected chi connectivity index (χ4v) is 2.72. The molecule has 0 fully saturated rings. The Labute approximate surface area is 176 Å². The van der Waals surface area contributed by atoms with Gasteiger partial charge in [-0.1, -0.05) is 37.6 Å². The first kappa shape index (κ1) is 26.2. The predicted molar refractivity (Wildman–Crippen MR) is 112 cm³/mol. The van der Waals surface area contributed by atoms with Gasteiger partial charge >= 0.3 is 5.97 Å². The van der Waals surface area contributed by atoms with Crippen molar-refractivity contribution in [1.82, 2.24) is 10.6 Å². The summed E-state index contributed by atoms with van der Waals surface area (Å²) in [6.45, 7) is 5.56. The van der Waals surface area contributed by atoms with Crippen LogP contribution in [0.25, 0.3) is 0 Å². The quantitative estimate of drug-likeness (QED) is 0.450. The first-order valence-corrected chi connectivity index (χ1v) is 9.28. The van der Waals surface area contributed by atoms with Crippen LogP contribution in [0.4, 0.5) is 0 Å². The van der Waals surface area contributed by atoms with Gasteiger partial charge in [-0.25, -0.2) is 4.79 Å². The van der Waals surface area contributed by atoms with Gasteiger partial charge in [0, 0.05) is 23.9 Å². The topological polar surface area (TPSA) is 122 Å². The summed E-state index contributed by atoms with van der Waals surface area (Å²) < 4.78 is 0. The Morgan fingerprint density at radius 2 is 1.71 bits per heavy atom. The summed E-state index contributed by atoms with van der Waals surface area (Å²) in [6.07, 6.45) is 0.372. The molecule has 0 spiro atoms. The van der Waals surface area contributed by atoms with Crippen LogP contribution < -0.4 is 16.4 Å². The van der Waals surface area contributed by atoms with Gasteiger partial charge in [0.15, 0.2) is 0 Å². The molecule has 7 nitrogen and oxygen atoms in total. The van der Waals surface area contributed by atoms with Gasteiger partial charge in [-0.3, -0.25) is 9.59 Å². The van der Waals surface area contributed by atoms with Gasteiger partial charge in [0.1, 0.15) is 6.04 Å². The molecule has 0 heterocycles. The average molecular weight is 434 g/mol. The van der Waals surface area contributed by atoms with E-state index in [0.29, 0.717) is 11.4 Å². The number of rotatable bonds is 10. The van der Waals surface area contributed by atoms with Gasteiger partial charge in [-0.05, 0) is 37.0 Å². The number of benzene rings is 1. The van der Waals surface area contributed by atoms with Crippen LogP contribution >= 0.6 is 24.0 Å². The van der Waals surface area contributed by atoms with Crippen LogP contribution in [0.3, 0.4) is 0 Å². The van der Waals surface area contributed by atoms with Crippen molar-refractivity contribution < 1.29 is 19.5 Å². The number of carboxylic acids is 1. The molecule has 28 heavy (non-hydrogen) atoms. The van der Waals surface area contributed by atoms with Crippen molar-refractivity contribution in [3.05, 3.63) is 34.9 Å². The van der Waals surface area contributed by atoms with E-state index in [-0.39, 0.29) is 43.1 Å². The van der Waals surface area contributed by atoms with Crippen molar-refractivity contribution >= 4 is 41.8 Å². The maximum Gasteiger partial charge on any atom is 0.326 e. The summed E-state index contributed by atoms with van der Waals surface area (Å²) in [5, 5.41) is 15.1. The third-order valence-corrected chi connectivity index (χ3v) is 4.30. The molecule has 3 atom stereocenters. The molecule has 1 rings (SSSR count). The SMILES string of the molecule is CC(C)C[C@H](NC(=O)C[C@@H](CNC(=O)[C@H](C)N)c1ccc(Cl)cc1)C(=O)O.Cl. The third-order valence-electron chi connectivity index (χ3n) is 4.05. The fourth-order valence-electron chi connectivity index (χ4n) is 2.60. The lowest BCUT2D eigenvalue weighted by Gasteiger charge is -2.21. The molecule has 9 heteroatoms. The molecule has 0 radical (unpaired) electrons. The van der Waals surface area contributed by atoms with E-state index in [0.717, 1.165) is 5.56 Å². The molecule has 0 unspecified atom stereocenters. The number of hydrogen-bond acceptors (Lipinski definition) is 4. The predicted octanol–water partition coefficient (Wildman–Crippen LogP) is 2.31. The summed E-state index contributed by atoms with van der Waals surface area (Å²) in [6, 6.07) is 5.36. The number of nitrogens with one attached hydrogen (secondary N) is 2. The monoisotopic (exact) mass is 433 g/mol. The van der Waals surface area contributed by atoms with Crippen LogP contribution in [0, 0.1) is 5.92 Å². The number of hydrogen-bond donors (Lipinski definition) is 4. The highest BCUT2D eigenvalue weighted by Crippen LogP contribution is 2.21. The maximum atomic E-state index is 12.4. The van der Waals surface area contributed by atoms with Crippen LogP contribution in [0.1, 0.15) is 45.1 Å². The summed E-state index contributed by atoms with van der Waals surface area (Å²) in [4.78, 5) is 35.6. The lowest BCUT2D eigenvalue weighted by molar-refractivity contribution is -0.142. The largest absolute Gasteiger partial charge is 0.480 e. The number of carbonyl (C=O) groups is 3. The first-order valence-electron chi connectivity index (χ1n) is 8.91. The van der Waals surface area contributed by atoms with Crippen LogP contribution in [0.5, 0.6) is 0 Å². The Morgan fingerprint density at radius 1 is 1.14 bits per heavy atom. The molecule has 0 saturated heterocycles. The van der Waals surface area contributed by atoms with E-state index in [2.05, 4.69) is 10.6 Å². The standard InChI is InChI=1S/C19H28ClN3O4.ClH/c1-11(2)8-16(19(26)27)23-17(24)9-14(10-22-18(25)12(3)21)13-4-6-15(20)7-5-13;/h4-7,11-12,14,16H,8-10,21H2,1-3H3,(H,22,25)(H,23,24)(H,26,27);1H/t12-,14-,16-;/m0./s1. The second-order valence-electron chi connectivity index (χ2n) is 7.07. The summed E-state index contributed by atoms with van der Waals surface area (Å²) in [5.74, 6) is -1.98. The molecule has 5 N–H and O–H groups in total. The highest BCUT2D eigenvalue weighted by atomic mass is 35.5. The number of halogens is 2.